The summed E-state index contributed by atoms with van der Waals surface area (Å²) in [6, 6.07) is 0. The average molecular weight is 253 g/mol. The van der Waals surface area contributed by atoms with E-state index < -0.39 is 0 Å². The number of primary amides is 1. The number of amides is 1. The van der Waals surface area contributed by atoms with E-state index in [1.807, 2.05) is 0 Å². The molecule has 0 aromatic heterocycles. The summed E-state index contributed by atoms with van der Waals surface area (Å²) in [5.41, 5.74) is 5.47. The zero-order chi connectivity index (χ0) is 13.3. The monoisotopic (exact) mass is 253 g/mol. The maximum atomic E-state index is 11.6. The second-order valence-corrected chi connectivity index (χ2v) is 6.08. The Bertz CT molecular complexity index is 231. The highest BCUT2D eigenvalue weighted by atomic mass is 16.1. The van der Waals surface area contributed by atoms with Crippen LogP contribution >= 0.6 is 0 Å². The maximum absolute atomic E-state index is 11.6. The molecule has 0 unspecified atom stereocenters. The molecule has 2 N–H and O–H groups in total. The van der Waals surface area contributed by atoms with Crippen LogP contribution in [0.15, 0.2) is 0 Å². The molecule has 1 amide bonds. The first-order chi connectivity index (χ1) is 8.71. The van der Waals surface area contributed by atoms with E-state index in [9.17, 15) is 4.79 Å². The van der Waals surface area contributed by atoms with Crippen LogP contribution in [0.4, 0.5) is 0 Å². The number of carbonyl (C=O) groups is 1. The van der Waals surface area contributed by atoms with E-state index in [1.165, 1.54) is 64.2 Å². The number of unbranched alkanes of at least 4 members (excludes halogenated alkanes) is 7. The first-order valence-corrected chi connectivity index (χ1v) is 8.01. The van der Waals surface area contributed by atoms with E-state index in [0.29, 0.717) is 0 Å². The molecular formula is C16H31NO. The molecule has 0 spiro atoms. The predicted molar refractivity (Wildman–Crippen MR) is 77.3 cm³/mol. The number of hydrogen-bond donors (Lipinski definition) is 1. The standard InChI is InChI=1S/C16H31NO/c1-2-3-4-5-6-7-8-9-12-16(15(17)18)13-10-11-14-16/h2-14H2,1H3,(H2,17,18). The minimum Gasteiger partial charge on any atom is -0.369 e. The summed E-state index contributed by atoms with van der Waals surface area (Å²) < 4.78 is 0. The quantitative estimate of drug-likeness (QED) is 0.570. The first-order valence-electron chi connectivity index (χ1n) is 8.01. The molecule has 1 rings (SSSR count). The molecule has 0 aromatic carbocycles. The lowest BCUT2D eigenvalue weighted by atomic mass is 9.80. The van der Waals surface area contributed by atoms with Crippen molar-refractivity contribution < 1.29 is 4.79 Å². The lowest BCUT2D eigenvalue weighted by molar-refractivity contribution is -0.127. The SMILES string of the molecule is CCCCCCCCCCC1(C(N)=O)CCCC1. The van der Waals surface area contributed by atoms with Crippen LogP contribution in [0.1, 0.15) is 90.4 Å². The zero-order valence-corrected chi connectivity index (χ0v) is 12.2. The lowest BCUT2D eigenvalue weighted by Crippen LogP contribution is -2.34. The molecule has 1 aliphatic rings. The van der Waals surface area contributed by atoms with Crippen LogP contribution in [-0.4, -0.2) is 5.91 Å². The molecule has 18 heavy (non-hydrogen) atoms. The molecule has 0 heterocycles. The third-order valence-corrected chi connectivity index (χ3v) is 4.59. The van der Waals surface area contributed by atoms with Crippen molar-refractivity contribution in [1.82, 2.24) is 0 Å². The van der Waals surface area contributed by atoms with Gasteiger partial charge in [0, 0.05) is 5.41 Å². The summed E-state index contributed by atoms with van der Waals surface area (Å²) in [7, 11) is 0. The molecule has 0 saturated heterocycles. The van der Waals surface area contributed by atoms with Gasteiger partial charge in [-0.05, 0) is 19.3 Å². The Hall–Kier alpha value is -0.530. The minimum atomic E-state index is -0.123. The van der Waals surface area contributed by atoms with Crippen LogP contribution in [0.5, 0.6) is 0 Å². The first kappa shape index (κ1) is 15.5. The summed E-state index contributed by atoms with van der Waals surface area (Å²) in [5.74, 6) is -0.0389. The Morgan fingerprint density at radius 1 is 0.944 bits per heavy atom. The fraction of sp³-hybridized carbons (Fsp3) is 0.938. The van der Waals surface area contributed by atoms with Crippen molar-refractivity contribution in [3.8, 4) is 0 Å². The van der Waals surface area contributed by atoms with Crippen LogP contribution in [0.25, 0.3) is 0 Å². The second-order valence-electron chi connectivity index (χ2n) is 6.08. The van der Waals surface area contributed by atoms with E-state index in [4.69, 9.17) is 5.73 Å². The van der Waals surface area contributed by atoms with Gasteiger partial charge in [-0.1, -0.05) is 71.1 Å². The van der Waals surface area contributed by atoms with Crippen molar-refractivity contribution in [3.05, 3.63) is 0 Å². The van der Waals surface area contributed by atoms with Gasteiger partial charge in [-0.25, -0.2) is 0 Å². The summed E-state index contributed by atoms with van der Waals surface area (Å²) in [6.07, 6.45) is 16.2. The highest BCUT2D eigenvalue weighted by Crippen LogP contribution is 2.42. The number of rotatable bonds is 10. The maximum Gasteiger partial charge on any atom is 0.223 e. The van der Waals surface area contributed by atoms with Crippen LogP contribution in [0, 0.1) is 5.41 Å². The molecule has 2 nitrogen and oxygen atoms in total. The smallest absolute Gasteiger partial charge is 0.223 e. The fourth-order valence-electron chi connectivity index (χ4n) is 3.27. The number of carbonyl (C=O) groups excluding carboxylic acids is 1. The van der Waals surface area contributed by atoms with Crippen molar-refractivity contribution in [3.63, 3.8) is 0 Å². The minimum absolute atomic E-state index is 0.0389. The van der Waals surface area contributed by atoms with Gasteiger partial charge in [0.15, 0.2) is 0 Å². The van der Waals surface area contributed by atoms with Gasteiger partial charge in [0.05, 0.1) is 0 Å². The van der Waals surface area contributed by atoms with E-state index in [-0.39, 0.29) is 11.3 Å². The van der Waals surface area contributed by atoms with Crippen LogP contribution < -0.4 is 5.73 Å². The lowest BCUT2D eigenvalue weighted by Gasteiger charge is -2.24. The molecule has 0 bridgehead atoms. The summed E-state index contributed by atoms with van der Waals surface area (Å²) in [4.78, 5) is 11.6. The zero-order valence-electron chi connectivity index (χ0n) is 12.2. The van der Waals surface area contributed by atoms with Crippen molar-refractivity contribution in [1.29, 1.82) is 0 Å². The normalized spacial score (nSPS) is 18.1. The molecule has 0 aliphatic heterocycles. The summed E-state index contributed by atoms with van der Waals surface area (Å²) in [5, 5.41) is 0. The summed E-state index contributed by atoms with van der Waals surface area (Å²) in [6.45, 7) is 2.25. The molecule has 0 aromatic rings. The summed E-state index contributed by atoms with van der Waals surface area (Å²) >= 11 is 0. The van der Waals surface area contributed by atoms with Crippen molar-refractivity contribution in [2.45, 2.75) is 90.4 Å². The molecule has 1 saturated carbocycles. The molecule has 2 heteroatoms. The average Bonchev–Trinajstić information content (AvgIpc) is 2.83. The Morgan fingerprint density at radius 3 is 1.94 bits per heavy atom. The number of nitrogens with two attached hydrogens (primary N) is 1. The van der Waals surface area contributed by atoms with E-state index >= 15 is 0 Å². The third kappa shape index (κ3) is 4.99. The van der Waals surface area contributed by atoms with E-state index in [0.717, 1.165) is 19.3 Å². The Kier molecular flexibility index (Phi) is 7.38. The van der Waals surface area contributed by atoms with Crippen molar-refractivity contribution in [2.75, 3.05) is 0 Å². The highest BCUT2D eigenvalue weighted by molar-refractivity contribution is 5.81. The molecule has 106 valence electrons. The van der Waals surface area contributed by atoms with Gasteiger partial charge >= 0.3 is 0 Å². The molecule has 0 atom stereocenters. The predicted octanol–water partition coefficient (Wildman–Crippen LogP) is 4.56. The molecule has 0 radical (unpaired) electrons. The number of hydrogen-bond acceptors (Lipinski definition) is 1. The van der Waals surface area contributed by atoms with Gasteiger partial charge in [-0.15, -0.1) is 0 Å². The van der Waals surface area contributed by atoms with Crippen LogP contribution in [-0.2, 0) is 4.79 Å². The fourth-order valence-corrected chi connectivity index (χ4v) is 3.27. The largest absolute Gasteiger partial charge is 0.369 e. The van der Waals surface area contributed by atoms with Crippen LogP contribution in [0.3, 0.4) is 0 Å². The van der Waals surface area contributed by atoms with Gasteiger partial charge in [0.25, 0.3) is 0 Å². The molecule has 1 aliphatic carbocycles. The van der Waals surface area contributed by atoms with Gasteiger partial charge in [-0.3, -0.25) is 4.79 Å². The Balaban J connectivity index is 2.04. The molecule has 1 fully saturated rings. The van der Waals surface area contributed by atoms with Gasteiger partial charge in [0.2, 0.25) is 5.91 Å². The van der Waals surface area contributed by atoms with Crippen molar-refractivity contribution >= 4 is 5.91 Å². The molecular weight excluding hydrogens is 222 g/mol. The van der Waals surface area contributed by atoms with E-state index in [1.54, 1.807) is 0 Å². The van der Waals surface area contributed by atoms with Crippen molar-refractivity contribution in [2.24, 2.45) is 11.1 Å². The van der Waals surface area contributed by atoms with E-state index in [2.05, 4.69) is 6.92 Å². The van der Waals surface area contributed by atoms with Gasteiger partial charge < -0.3 is 5.73 Å². The Morgan fingerprint density at radius 2 is 1.44 bits per heavy atom. The highest BCUT2D eigenvalue weighted by Gasteiger charge is 2.38. The topological polar surface area (TPSA) is 43.1 Å². The van der Waals surface area contributed by atoms with Gasteiger partial charge in [-0.2, -0.15) is 0 Å². The van der Waals surface area contributed by atoms with Gasteiger partial charge in [0.1, 0.15) is 0 Å². The Labute approximate surface area is 113 Å². The third-order valence-electron chi connectivity index (χ3n) is 4.59. The van der Waals surface area contributed by atoms with Crippen LogP contribution in [0.2, 0.25) is 0 Å². The second kappa shape index (κ2) is 8.55.